The maximum Gasteiger partial charge on any atom is 0.243 e. The van der Waals surface area contributed by atoms with Gasteiger partial charge in [-0.2, -0.15) is 4.31 Å². The van der Waals surface area contributed by atoms with Crippen LogP contribution in [-0.4, -0.2) is 55.8 Å². The van der Waals surface area contributed by atoms with E-state index in [1.807, 2.05) is 4.90 Å². The molecule has 0 aliphatic carbocycles. The van der Waals surface area contributed by atoms with Crippen LogP contribution in [0, 0.1) is 17.7 Å². The van der Waals surface area contributed by atoms with Crippen molar-refractivity contribution in [3.8, 4) is 0 Å². The highest BCUT2D eigenvalue weighted by Crippen LogP contribution is 2.28. The second-order valence-corrected chi connectivity index (χ2v) is 9.64. The van der Waals surface area contributed by atoms with Gasteiger partial charge in [-0.15, -0.1) is 0 Å². The normalized spacial score (nSPS) is 27.5. The number of rotatable bonds is 4. The van der Waals surface area contributed by atoms with Gasteiger partial charge < -0.3 is 10.6 Å². The lowest BCUT2D eigenvalue weighted by Gasteiger charge is -2.41. The van der Waals surface area contributed by atoms with Gasteiger partial charge in [-0.05, 0) is 55.9 Å². The lowest BCUT2D eigenvalue weighted by molar-refractivity contribution is -0.140. The van der Waals surface area contributed by atoms with Crippen LogP contribution in [0.15, 0.2) is 29.2 Å². The molecule has 3 unspecified atom stereocenters. The van der Waals surface area contributed by atoms with Gasteiger partial charge in [0.15, 0.2) is 0 Å². The van der Waals surface area contributed by atoms with Gasteiger partial charge in [-0.1, -0.05) is 6.92 Å². The number of nitrogens with two attached hydrogens (primary N) is 1. The summed E-state index contributed by atoms with van der Waals surface area (Å²) in [5.74, 6) is -0.273. The molecule has 6 nitrogen and oxygen atoms in total. The topological polar surface area (TPSA) is 83.7 Å². The quantitative estimate of drug-likeness (QED) is 0.840. The smallest absolute Gasteiger partial charge is 0.243 e. The monoisotopic (exact) mass is 397 g/mol. The zero-order chi connectivity index (χ0) is 19.6. The molecule has 2 saturated heterocycles. The molecule has 1 aromatic carbocycles. The third-order valence-electron chi connectivity index (χ3n) is 5.72. The lowest BCUT2D eigenvalue weighted by Crippen LogP contribution is -2.54. The number of hydrogen-bond acceptors (Lipinski definition) is 4. The maximum atomic E-state index is 13.1. The molecule has 2 aliphatic heterocycles. The zero-order valence-corrected chi connectivity index (χ0v) is 16.5. The van der Waals surface area contributed by atoms with Crippen molar-refractivity contribution in [1.82, 2.24) is 9.21 Å². The van der Waals surface area contributed by atoms with Gasteiger partial charge in [0.1, 0.15) is 5.82 Å². The van der Waals surface area contributed by atoms with E-state index >= 15 is 0 Å². The van der Waals surface area contributed by atoms with Gasteiger partial charge in [-0.25, -0.2) is 12.8 Å². The predicted molar refractivity (Wildman–Crippen MR) is 101 cm³/mol. The molecule has 1 aromatic rings. The number of benzene rings is 1. The fourth-order valence-corrected chi connectivity index (χ4v) is 5.64. The molecule has 0 radical (unpaired) electrons. The minimum atomic E-state index is -3.73. The number of halogens is 1. The van der Waals surface area contributed by atoms with Gasteiger partial charge in [-0.3, -0.25) is 4.79 Å². The van der Waals surface area contributed by atoms with E-state index in [9.17, 15) is 17.6 Å². The number of sulfonamides is 1. The predicted octanol–water partition coefficient (Wildman–Crippen LogP) is 1.81. The summed E-state index contributed by atoms with van der Waals surface area (Å²) in [4.78, 5) is 15.0. The highest BCUT2D eigenvalue weighted by atomic mass is 32.2. The van der Waals surface area contributed by atoms with Crippen molar-refractivity contribution in [3.05, 3.63) is 30.1 Å². The molecule has 0 bridgehead atoms. The number of carbonyl (C=O) groups excluding carboxylic acids is 1. The molecular weight excluding hydrogens is 369 g/mol. The maximum absolute atomic E-state index is 13.1. The molecule has 150 valence electrons. The lowest BCUT2D eigenvalue weighted by atomic mass is 9.90. The Morgan fingerprint density at radius 3 is 2.59 bits per heavy atom. The van der Waals surface area contributed by atoms with E-state index in [1.54, 1.807) is 0 Å². The van der Waals surface area contributed by atoms with Crippen LogP contribution in [0.2, 0.25) is 0 Å². The van der Waals surface area contributed by atoms with Gasteiger partial charge in [0, 0.05) is 32.2 Å². The first-order valence-electron chi connectivity index (χ1n) is 9.59. The number of hydrogen-bond donors (Lipinski definition) is 1. The standard InChI is InChI=1S/C19H28FN3O3S/c1-14-8-10-23(17(11-14)12-21)19(24)15-3-2-9-22(13-15)27(25,26)18-6-4-16(20)5-7-18/h4-7,14-15,17H,2-3,8-13,21H2,1H3. The third kappa shape index (κ3) is 4.33. The van der Waals surface area contributed by atoms with E-state index in [4.69, 9.17) is 5.73 Å². The molecule has 2 aliphatic rings. The Balaban J connectivity index is 1.73. The first-order valence-corrected chi connectivity index (χ1v) is 11.0. The Morgan fingerprint density at radius 2 is 1.93 bits per heavy atom. The highest BCUT2D eigenvalue weighted by Gasteiger charge is 2.38. The summed E-state index contributed by atoms with van der Waals surface area (Å²) in [6.07, 6.45) is 3.16. The van der Waals surface area contributed by atoms with Crippen LogP contribution in [0.5, 0.6) is 0 Å². The van der Waals surface area contributed by atoms with E-state index in [2.05, 4.69) is 6.92 Å². The Bertz CT molecular complexity index is 769. The van der Waals surface area contributed by atoms with Gasteiger partial charge in [0.25, 0.3) is 0 Å². The Labute approximate surface area is 160 Å². The summed E-state index contributed by atoms with van der Waals surface area (Å²) in [6.45, 7) is 3.83. The Hall–Kier alpha value is -1.51. The Kier molecular flexibility index (Phi) is 6.18. The zero-order valence-electron chi connectivity index (χ0n) is 15.7. The average molecular weight is 398 g/mol. The summed E-state index contributed by atoms with van der Waals surface area (Å²) >= 11 is 0. The van der Waals surface area contributed by atoms with Crippen molar-refractivity contribution >= 4 is 15.9 Å². The minimum absolute atomic E-state index is 0.0105. The van der Waals surface area contributed by atoms with Crippen LogP contribution >= 0.6 is 0 Å². The molecule has 2 N–H and O–H groups in total. The van der Waals surface area contributed by atoms with Crippen LogP contribution in [0.1, 0.15) is 32.6 Å². The first kappa shape index (κ1) is 20.2. The molecule has 2 fully saturated rings. The largest absolute Gasteiger partial charge is 0.338 e. The van der Waals surface area contributed by atoms with Gasteiger partial charge in [0.2, 0.25) is 15.9 Å². The molecule has 3 rings (SSSR count). The van der Waals surface area contributed by atoms with Crippen molar-refractivity contribution < 1.29 is 17.6 Å². The summed E-state index contributed by atoms with van der Waals surface area (Å²) in [7, 11) is -3.73. The van der Waals surface area contributed by atoms with E-state index in [0.717, 1.165) is 25.0 Å². The van der Waals surface area contributed by atoms with Crippen LogP contribution in [0.25, 0.3) is 0 Å². The molecular formula is C19H28FN3O3S. The molecule has 27 heavy (non-hydrogen) atoms. The van der Waals surface area contributed by atoms with Crippen LogP contribution in [0.4, 0.5) is 4.39 Å². The van der Waals surface area contributed by atoms with Crippen LogP contribution < -0.4 is 5.73 Å². The minimum Gasteiger partial charge on any atom is -0.338 e. The molecule has 3 atom stereocenters. The number of likely N-dealkylation sites (tertiary alicyclic amines) is 1. The summed E-state index contributed by atoms with van der Waals surface area (Å²) in [6, 6.07) is 4.85. The number of carbonyl (C=O) groups is 1. The molecule has 0 aromatic heterocycles. The van der Waals surface area contributed by atoms with E-state index < -0.39 is 15.8 Å². The molecule has 2 heterocycles. The van der Waals surface area contributed by atoms with Gasteiger partial charge >= 0.3 is 0 Å². The molecule has 0 saturated carbocycles. The average Bonchev–Trinajstić information content (AvgIpc) is 2.67. The van der Waals surface area contributed by atoms with Gasteiger partial charge in [0.05, 0.1) is 10.8 Å². The molecule has 8 heteroatoms. The fourth-order valence-electron chi connectivity index (χ4n) is 4.12. The van der Waals surface area contributed by atoms with Crippen molar-refractivity contribution in [3.63, 3.8) is 0 Å². The molecule has 0 spiro atoms. The van der Waals surface area contributed by atoms with Crippen molar-refractivity contribution in [1.29, 1.82) is 0 Å². The van der Waals surface area contributed by atoms with Crippen molar-refractivity contribution in [2.24, 2.45) is 17.6 Å². The summed E-state index contributed by atoms with van der Waals surface area (Å²) in [5.41, 5.74) is 5.88. The Morgan fingerprint density at radius 1 is 1.22 bits per heavy atom. The SMILES string of the molecule is CC1CCN(C(=O)C2CCCN(S(=O)(=O)c3ccc(F)cc3)C2)C(CN)C1. The van der Waals surface area contributed by atoms with E-state index in [1.165, 1.54) is 16.4 Å². The van der Waals surface area contributed by atoms with Crippen LogP contribution in [-0.2, 0) is 14.8 Å². The van der Waals surface area contributed by atoms with E-state index in [-0.39, 0.29) is 29.3 Å². The summed E-state index contributed by atoms with van der Waals surface area (Å²) in [5, 5.41) is 0. The number of amides is 1. The van der Waals surface area contributed by atoms with Crippen molar-refractivity contribution in [2.45, 2.75) is 43.5 Å². The summed E-state index contributed by atoms with van der Waals surface area (Å²) < 4.78 is 40.2. The molecule has 1 amide bonds. The van der Waals surface area contributed by atoms with Crippen molar-refractivity contribution in [2.75, 3.05) is 26.2 Å². The second-order valence-electron chi connectivity index (χ2n) is 7.71. The number of piperidine rings is 2. The fraction of sp³-hybridized carbons (Fsp3) is 0.632. The van der Waals surface area contributed by atoms with Crippen LogP contribution in [0.3, 0.4) is 0 Å². The second kappa shape index (κ2) is 8.24. The highest BCUT2D eigenvalue weighted by molar-refractivity contribution is 7.89. The first-order chi connectivity index (χ1) is 12.8. The third-order valence-corrected chi connectivity index (χ3v) is 7.60. The van der Waals surface area contributed by atoms with E-state index in [0.29, 0.717) is 38.4 Å². The number of nitrogens with zero attached hydrogens (tertiary/aromatic N) is 2.